The van der Waals surface area contributed by atoms with E-state index in [-0.39, 0.29) is 0 Å². The van der Waals surface area contributed by atoms with Crippen molar-refractivity contribution in [2.75, 3.05) is 0 Å². The molecule has 0 amide bonds. The van der Waals surface area contributed by atoms with Crippen LogP contribution in [-0.2, 0) is 13.0 Å². The monoisotopic (exact) mass is 279 g/mol. The van der Waals surface area contributed by atoms with E-state index >= 15 is 0 Å². The number of nitrogens with zero attached hydrogens (tertiary/aromatic N) is 4. The molecule has 1 heterocycles. The maximum atomic E-state index is 5.62. The van der Waals surface area contributed by atoms with Crippen LogP contribution in [0.15, 0.2) is 48.5 Å². The SMILES string of the molecule is CCc1ccc(-n2nnnc2-c2ccc(CN)cc2)cc1. The Morgan fingerprint density at radius 1 is 0.952 bits per heavy atom. The average molecular weight is 279 g/mol. The van der Waals surface area contributed by atoms with Crippen molar-refractivity contribution < 1.29 is 0 Å². The lowest BCUT2D eigenvalue weighted by molar-refractivity contribution is 0.790. The number of aromatic nitrogens is 4. The average Bonchev–Trinajstić information content (AvgIpc) is 3.04. The molecule has 1 aromatic heterocycles. The predicted molar refractivity (Wildman–Crippen MR) is 81.9 cm³/mol. The summed E-state index contributed by atoms with van der Waals surface area (Å²) in [5, 5.41) is 12.0. The Kier molecular flexibility index (Phi) is 3.75. The number of hydrogen-bond acceptors (Lipinski definition) is 4. The summed E-state index contributed by atoms with van der Waals surface area (Å²) in [6, 6.07) is 16.2. The summed E-state index contributed by atoms with van der Waals surface area (Å²) in [5.74, 6) is 0.725. The van der Waals surface area contributed by atoms with Crippen LogP contribution in [0.5, 0.6) is 0 Å². The molecule has 3 aromatic rings. The van der Waals surface area contributed by atoms with E-state index in [0.717, 1.165) is 29.1 Å². The normalized spacial score (nSPS) is 10.8. The molecule has 0 saturated carbocycles. The summed E-state index contributed by atoms with van der Waals surface area (Å²) in [5.41, 5.74) is 9.92. The molecular formula is C16H17N5. The van der Waals surface area contributed by atoms with E-state index in [2.05, 4.69) is 34.6 Å². The highest BCUT2D eigenvalue weighted by Gasteiger charge is 2.10. The van der Waals surface area contributed by atoms with Gasteiger partial charge in [-0.3, -0.25) is 0 Å². The molecule has 5 nitrogen and oxygen atoms in total. The summed E-state index contributed by atoms with van der Waals surface area (Å²) in [6.45, 7) is 2.67. The lowest BCUT2D eigenvalue weighted by Gasteiger charge is -2.06. The van der Waals surface area contributed by atoms with Crippen LogP contribution in [-0.4, -0.2) is 20.2 Å². The Balaban J connectivity index is 1.99. The van der Waals surface area contributed by atoms with Gasteiger partial charge in [0.05, 0.1) is 5.69 Å². The van der Waals surface area contributed by atoms with Gasteiger partial charge in [0.15, 0.2) is 5.82 Å². The molecule has 0 fully saturated rings. The van der Waals surface area contributed by atoms with Gasteiger partial charge in [-0.15, -0.1) is 5.10 Å². The van der Waals surface area contributed by atoms with Crippen LogP contribution in [0.2, 0.25) is 0 Å². The molecule has 0 aliphatic heterocycles. The Morgan fingerprint density at radius 2 is 1.62 bits per heavy atom. The van der Waals surface area contributed by atoms with Gasteiger partial charge in [0.1, 0.15) is 0 Å². The second kappa shape index (κ2) is 5.85. The van der Waals surface area contributed by atoms with E-state index < -0.39 is 0 Å². The predicted octanol–water partition coefficient (Wildman–Crippen LogP) is 2.35. The first-order valence-electron chi connectivity index (χ1n) is 6.99. The zero-order chi connectivity index (χ0) is 14.7. The Labute approximate surface area is 123 Å². The largest absolute Gasteiger partial charge is 0.326 e. The Bertz CT molecular complexity index is 651. The summed E-state index contributed by atoms with van der Waals surface area (Å²) >= 11 is 0. The second-order valence-corrected chi connectivity index (χ2v) is 4.84. The van der Waals surface area contributed by atoms with Gasteiger partial charge in [0.25, 0.3) is 0 Å². The molecule has 106 valence electrons. The van der Waals surface area contributed by atoms with Gasteiger partial charge in [-0.25, -0.2) is 0 Å². The van der Waals surface area contributed by atoms with E-state index in [0.29, 0.717) is 6.54 Å². The van der Waals surface area contributed by atoms with E-state index in [9.17, 15) is 0 Å². The summed E-state index contributed by atoms with van der Waals surface area (Å²) < 4.78 is 1.75. The lowest BCUT2D eigenvalue weighted by atomic mass is 10.1. The van der Waals surface area contributed by atoms with Crippen LogP contribution in [0.3, 0.4) is 0 Å². The van der Waals surface area contributed by atoms with Crippen molar-refractivity contribution >= 4 is 0 Å². The lowest BCUT2D eigenvalue weighted by Crippen LogP contribution is -2.00. The van der Waals surface area contributed by atoms with Crippen molar-refractivity contribution in [1.29, 1.82) is 0 Å². The molecule has 5 heteroatoms. The van der Waals surface area contributed by atoms with Gasteiger partial charge in [0, 0.05) is 12.1 Å². The molecule has 2 N–H and O–H groups in total. The fourth-order valence-corrected chi connectivity index (χ4v) is 2.20. The van der Waals surface area contributed by atoms with E-state index in [1.807, 2.05) is 36.4 Å². The molecule has 3 rings (SSSR count). The molecular weight excluding hydrogens is 262 g/mol. The molecule has 0 radical (unpaired) electrons. The number of hydrogen-bond donors (Lipinski definition) is 1. The summed E-state index contributed by atoms with van der Waals surface area (Å²) in [6.07, 6.45) is 1.02. The van der Waals surface area contributed by atoms with Gasteiger partial charge in [-0.05, 0) is 40.1 Å². The highest BCUT2D eigenvalue weighted by atomic mass is 15.5. The third kappa shape index (κ3) is 2.68. The van der Waals surface area contributed by atoms with Gasteiger partial charge >= 0.3 is 0 Å². The first kappa shape index (κ1) is 13.5. The van der Waals surface area contributed by atoms with Gasteiger partial charge in [-0.1, -0.05) is 43.3 Å². The third-order valence-electron chi connectivity index (χ3n) is 3.51. The van der Waals surface area contributed by atoms with Crippen molar-refractivity contribution in [3.63, 3.8) is 0 Å². The van der Waals surface area contributed by atoms with Crippen molar-refractivity contribution in [3.8, 4) is 17.1 Å². The summed E-state index contributed by atoms with van der Waals surface area (Å²) in [4.78, 5) is 0. The van der Waals surface area contributed by atoms with Crippen LogP contribution in [0.25, 0.3) is 17.1 Å². The Hall–Kier alpha value is -2.53. The minimum absolute atomic E-state index is 0.531. The number of nitrogens with two attached hydrogens (primary N) is 1. The minimum atomic E-state index is 0.531. The van der Waals surface area contributed by atoms with E-state index in [1.165, 1.54) is 5.56 Å². The van der Waals surface area contributed by atoms with Crippen LogP contribution < -0.4 is 5.73 Å². The van der Waals surface area contributed by atoms with Gasteiger partial charge < -0.3 is 5.73 Å². The van der Waals surface area contributed by atoms with Crippen molar-refractivity contribution in [3.05, 3.63) is 59.7 Å². The fourth-order valence-electron chi connectivity index (χ4n) is 2.20. The maximum absolute atomic E-state index is 5.62. The first-order valence-corrected chi connectivity index (χ1v) is 6.99. The van der Waals surface area contributed by atoms with Crippen LogP contribution >= 0.6 is 0 Å². The molecule has 0 bridgehead atoms. The first-order chi connectivity index (χ1) is 10.3. The highest BCUT2D eigenvalue weighted by molar-refractivity contribution is 5.57. The molecule has 0 aliphatic carbocycles. The number of rotatable bonds is 4. The molecule has 0 unspecified atom stereocenters. The molecule has 21 heavy (non-hydrogen) atoms. The van der Waals surface area contributed by atoms with Crippen molar-refractivity contribution in [2.24, 2.45) is 5.73 Å². The van der Waals surface area contributed by atoms with Gasteiger partial charge in [0.2, 0.25) is 0 Å². The zero-order valence-electron chi connectivity index (χ0n) is 11.9. The molecule has 0 saturated heterocycles. The number of benzene rings is 2. The molecule has 0 atom stereocenters. The second-order valence-electron chi connectivity index (χ2n) is 4.84. The highest BCUT2D eigenvalue weighted by Crippen LogP contribution is 2.20. The standard InChI is InChI=1S/C16H17N5/c1-2-12-5-9-15(10-6-12)21-16(18-19-20-21)14-7-3-13(11-17)4-8-14/h3-10H,2,11,17H2,1H3. The van der Waals surface area contributed by atoms with Crippen LogP contribution in [0.4, 0.5) is 0 Å². The van der Waals surface area contributed by atoms with Crippen molar-refractivity contribution in [1.82, 2.24) is 20.2 Å². The van der Waals surface area contributed by atoms with Gasteiger partial charge in [-0.2, -0.15) is 4.68 Å². The van der Waals surface area contributed by atoms with Crippen LogP contribution in [0.1, 0.15) is 18.1 Å². The Morgan fingerprint density at radius 3 is 2.24 bits per heavy atom. The topological polar surface area (TPSA) is 69.6 Å². The minimum Gasteiger partial charge on any atom is -0.326 e. The number of aryl methyl sites for hydroxylation is 1. The smallest absolute Gasteiger partial charge is 0.187 e. The zero-order valence-corrected chi connectivity index (χ0v) is 11.9. The van der Waals surface area contributed by atoms with Crippen molar-refractivity contribution in [2.45, 2.75) is 19.9 Å². The molecule has 0 aliphatic rings. The van der Waals surface area contributed by atoms with E-state index in [4.69, 9.17) is 5.73 Å². The number of tetrazole rings is 1. The fraction of sp³-hybridized carbons (Fsp3) is 0.188. The maximum Gasteiger partial charge on any atom is 0.187 e. The van der Waals surface area contributed by atoms with Crippen LogP contribution in [0, 0.1) is 0 Å². The molecule has 2 aromatic carbocycles. The van der Waals surface area contributed by atoms with E-state index in [1.54, 1.807) is 4.68 Å². The molecule has 0 spiro atoms. The quantitative estimate of drug-likeness (QED) is 0.796. The summed E-state index contributed by atoms with van der Waals surface area (Å²) in [7, 11) is 0. The third-order valence-corrected chi connectivity index (χ3v) is 3.51.